The van der Waals surface area contributed by atoms with Crippen LogP contribution in [0.25, 0.3) is 0 Å². The Kier molecular flexibility index (Phi) is 2.83. The first-order valence-corrected chi connectivity index (χ1v) is 5.73. The molecule has 0 saturated carbocycles. The van der Waals surface area contributed by atoms with Crippen LogP contribution >= 0.6 is 0 Å². The highest BCUT2D eigenvalue weighted by Crippen LogP contribution is 2.29. The topological polar surface area (TPSA) is 27.1 Å². The van der Waals surface area contributed by atoms with Crippen LogP contribution < -0.4 is 0 Å². The van der Waals surface area contributed by atoms with E-state index in [0.29, 0.717) is 0 Å². The number of hydrogen-bond acceptors (Lipinski definition) is 2. The van der Waals surface area contributed by atoms with Gasteiger partial charge in [0.05, 0.1) is 6.33 Å². The van der Waals surface area contributed by atoms with Crippen molar-refractivity contribution >= 4 is 0 Å². The number of aromatic nitrogens is 2. The van der Waals surface area contributed by atoms with Crippen molar-refractivity contribution in [2.24, 2.45) is 0 Å². The van der Waals surface area contributed by atoms with Gasteiger partial charge in [-0.15, -0.1) is 0 Å². The first kappa shape index (κ1) is 10.7. The first-order chi connectivity index (χ1) is 7.09. The maximum atomic E-state index is 5.78. The fraction of sp³-hybridized carbons (Fsp3) is 0.750. The Morgan fingerprint density at radius 2 is 2.20 bits per heavy atom. The highest BCUT2D eigenvalue weighted by molar-refractivity contribution is 5.11. The largest absolute Gasteiger partial charge is 0.358 e. The molecule has 1 saturated heterocycles. The van der Waals surface area contributed by atoms with Crippen molar-refractivity contribution in [3.63, 3.8) is 0 Å². The molecule has 0 radical (unpaired) electrons. The molecular weight excluding hydrogens is 188 g/mol. The standard InChI is InChI=1S/C12H20N2O/c1-12(2,3)10-8-13-9-14(10)11-6-4-5-7-15-11/h8-9,11H,4-7H2,1-3H3. The van der Waals surface area contributed by atoms with Gasteiger partial charge in [0.1, 0.15) is 6.23 Å². The predicted molar refractivity (Wildman–Crippen MR) is 59.8 cm³/mol. The average Bonchev–Trinajstić information content (AvgIpc) is 2.67. The molecular formula is C12H20N2O. The van der Waals surface area contributed by atoms with Crippen LogP contribution in [0.3, 0.4) is 0 Å². The highest BCUT2D eigenvalue weighted by atomic mass is 16.5. The molecule has 1 unspecified atom stereocenters. The Labute approximate surface area is 91.5 Å². The number of rotatable bonds is 1. The zero-order valence-electron chi connectivity index (χ0n) is 9.86. The molecule has 1 aliphatic rings. The summed E-state index contributed by atoms with van der Waals surface area (Å²) in [6.45, 7) is 7.52. The van der Waals surface area contributed by atoms with Gasteiger partial charge < -0.3 is 9.30 Å². The highest BCUT2D eigenvalue weighted by Gasteiger charge is 2.24. The van der Waals surface area contributed by atoms with Gasteiger partial charge in [-0.05, 0) is 19.3 Å². The Morgan fingerprint density at radius 1 is 1.40 bits per heavy atom. The van der Waals surface area contributed by atoms with Gasteiger partial charge >= 0.3 is 0 Å². The zero-order valence-corrected chi connectivity index (χ0v) is 9.86. The van der Waals surface area contributed by atoms with Crippen LogP contribution in [0.1, 0.15) is 52.0 Å². The lowest BCUT2D eigenvalue weighted by Gasteiger charge is -2.29. The Morgan fingerprint density at radius 3 is 2.80 bits per heavy atom. The van der Waals surface area contributed by atoms with Gasteiger partial charge in [0.25, 0.3) is 0 Å². The minimum atomic E-state index is 0.136. The fourth-order valence-corrected chi connectivity index (χ4v) is 2.06. The summed E-state index contributed by atoms with van der Waals surface area (Å²) in [7, 11) is 0. The SMILES string of the molecule is CC(C)(C)c1cncn1C1CCCCO1. The summed E-state index contributed by atoms with van der Waals surface area (Å²) in [6.07, 6.45) is 7.62. The molecule has 15 heavy (non-hydrogen) atoms. The minimum Gasteiger partial charge on any atom is -0.358 e. The second kappa shape index (κ2) is 3.97. The van der Waals surface area contributed by atoms with Crippen LogP contribution in [0.2, 0.25) is 0 Å². The molecule has 3 nitrogen and oxygen atoms in total. The van der Waals surface area contributed by atoms with Gasteiger partial charge in [-0.1, -0.05) is 20.8 Å². The summed E-state index contributed by atoms with van der Waals surface area (Å²) < 4.78 is 7.97. The van der Waals surface area contributed by atoms with E-state index in [9.17, 15) is 0 Å². The summed E-state index contributed by atoms with van der Waals surface area (Å²) in [5, 5.41) is 0. The van der Waals surface area contributed by atoms with E-state index in [-0.39, 0.29) is 11.6 Å². The maximum Gasteiger partial charge on any atom is 0.135 e. The van der Waals surface area contributed by atoms with Crippen molar-refractivity contribution in [1.82, 2.24) is 9.55 Å². The lowest BCUT2D eigenvalue weighted by atomic mass is 9.92. The quantitative estimate of drug-likeness (QED) is 0.709. The fourth-order valence-electron chi connectivity index (χ4n) is 2.06. The molecule has 2 rings (SSSR count). The van der Waals surface area contributed by atoms with Crippen LogP contribution in [-0.4, -0.2) is 16.2 Å². The van der Waals surface area contributed by atoms with Gasteiger partial charge in [-0.3, -0.25) is 0 Å². The third-order valence-corrected chi connectivity index (χ3v) is 2.90. The van der Waals surface area contributed by atoms with E-state index in [1.165, 1.54) is 18.5 Å². The second-order valence-electron chi connectivity index (χ2n) is 5.26. The summed E-state index contributed by atoms with van der Waals surface area (Å²) in [5.41, 5.74) is 1.39. The van der Waals surface area contributed by atoms with E-state index in [2.05, 4.69) is 30.3 Å². The summed E-state index contributed by atoms with van der Waals surface area (Å²) in [5.74, 6) is 0. The molecule has 0 bridgehead atoms. The molecule has 1 aromatic heterocycles. The van der Waals surface area contributed by atoms with Crippen LogP contribution in [0.15, 0.2) is 12.5 Å². The molecule has 3 heteroatoms. The number of nitrogens with zero attached hydrogens (tertiary/aromatic N) is 2. The zero-order chi connectivity index (χ0) is 10.9. The van der Waals surface area contributed by atoms with Gasteiger partial charge in [-0.2, -0.15) is 0 Å². The number of hydrogen-bond donors (Lipinski definition) is 0. The molecule has 2 heterocycles. The van der Waals surface area contributed by atoms with Crippen molar-refractivity contribution in [3.05, 3.63) is 18.2 Å². The van der Waals surface area contributed by atoms with Crippen LogP contribution in [-0.2, 0) is 10.2 Å². The molecule has 1 aromatic rings. The van der Waals surface area contributed by atoms with Crippen molar-refractivity contribution in [1.29, 1.82) is 0 Å². The van der Waals surface area contributed by atoms with Gasteiger partial charge in [0.2, 0.25) is 0 Å². The first-order valence-electron chi connectivity index (χ1n) is 5.73. The Hall–Kier alpha value is -0.830. The molecule has 1 atom stereocenters. The van der Waals surface area contributed by atoms with Crippen molar-refractivity contribution in [2.75, 3.05) is 6.61 Å². The molecule has 0 aromatic carbocycles. The van der Waals surface area contributed by atoms with Gasteiger partial charge in [0.15, 0.2) is 0 Å². The smallest absolute Gasteiger partial charge is 0.135 e. The van der Waals surface area contributed by atoms with E-state index in [4.69, 9.17) is 4.74 Å². The molecule has 0 N–H and O–H groups in total. The summed E-state index contributed by atoms with van der Waals surface area (Å²) >= 11 is 0. The lowest BCUT2D eigenvalue weighted by molar-refractivity contribution is -0.0346. The molecule has 84 valence electrons. The van der Waals surface area contributed by atoms with Crippen LogP contribution in [0.5, 0.6) is 0 Å². The molecule has 0 aliphatic carbocycles. The van der Waals surface area contributed by atoms with E-state index < -0.39 is 0 Å². The number of imidazole rings is 1. The van der Waals surface area contributed by atoms with Crippen molar-refractivity contribution < 1.29 is 4.74 Å². The van der Waals surface area contributed by atoms with E-state index in [1.54, 1.807) is 0 Å². The Balaban J connectivity index is 2.24. The van der Waals surface area contributed by atoms with Crippen LogP contribution in [0, 0.1) is 0 Å². The predicted octanol–water partition coefficient (Wildman–Crippen LogP) is 2.88. The summed E-state index contributed by atoms with van der Waals surface area (Å²) in [6, 6.07) is 0. The monoisotopic (exact) mass is 208 g/mol. The van der Waals surface area contributed by atoms with Crippen molar-refractivity contribution in [3.8, 4) is 0 Å². The maximum absolute atomic E-state index is 5.78. The average molecular weight is 208 g/mol. The third kappa shape index (κ3) is 2.23. The minimum absolute atomic E-state index is 0.136. The Bertz CT molecular complexity index is 319. The molecule has 1 aliphatic heterocycles. The molecule has 0 amide bonds. The van der Waals surface area contributed by atoms with E-state index in [1.807, 2.05) is 12.5 Å². The summed E-state index contributed by atoms with van der Waals surface area (Å²) in [4.78, 5) is 4.25. The third-order valence-electron chi connectivity index (χ3n) is 2.90. The second-order valence-corrected chi connectivity index (χ2v) is 5.26. The number of ether oxygens (including phenoxy) is 1. The normalized spacial score (nSPS) is 23.0. The molecule has 1 fully saturated rings. The van der Waals surface area contributed by atoms with Gasteiger partial charge in [0, 0.05) is 23.9 Å². The van der Waals surface area contributed by atoms with Crippen LogP contribution in [0.4, 0.5) is 0 Å². The van der Waals surface area contributed by atoms with Gasteiger partial charge in [-0.25, -0.2) is 4.98 Å². The van der Waals surface area contributed by atoms with E-state index >= 15 is 0 Å². The molecule has 0 spiro atoms. The van der Waals surface area contributed by atoms with E-state index in [0.717, 1.165) is 13.0 Å². The lowest BCUT2D eigenvalue weighted by Crippen LogP contribution is -2.24. The van der Waals surface area contributed by atoms with Crippen molar-refractivity contribution in [2.45, 2.75) is 51.7 Å².